The van der Waals surface area contributed by atoms with E-state index >= 15 is 0 Å². The monoisotopic (exact) mass is 507 g/mol. The molecule has 0 saturated heterocycles. The summed E-state index contributed by atoms with van der Waals surface area (Å²) in [6.07, 6.45) is 1.07. The van der Waals surface area contributed by atoms with E-state index in [4.69, 9.17) is 11.6 Å². The molecule has 0 aromatic heterocycles. The lowest BCUT2D eigenvalue weighted by molar-refractivity contribution is -0.140. The lowest BCUT2D eigenvalue weighted by atomic mass is 10.1. The second-order valence-electron chi connectivity index (χ2n) is 9.55. The van der Waals surface area contributed by atoms with E-state index < -0.39 is 34.1 Å². The lowest BCUT2D eigenvalue weighted by Crippen LogP contribution is -2.54. The number of carbonyl (C=O) groups excluding carboxylic acids is 2. The Morgan fingerprint density at radius 3 is 2.18 bits per heavy atom. The second kappa shape index (κ2) is 10.8. The number of rotatable bonds is 8. The van der Waals surface area contributed by atoms with Gasteiger partial charge < -0.3 is 10.2 Å². The van der Waals surface area contributed by atoms with Crippen LogP contribution in [-0.2, 0) is 26.2 Å². The predicted molar refractivity (Wildman–Crippen MR) is 137 cm³/mol. The maximum absolute atomic E-state index is 13.6. The first-order valence-electron chi connectivity index (χ1n) is 11.0. The molecule has 0 bridgehead atoms. The van der Waals surface area contributed by atoms with Crippen LogP contribution in [0.5, 0.6) is 0 Å². The van der Waals surface area contributed by atoms with Gasteiger partial charge in [-0.1, -0.05) is 35.9 Å². The Morgan fingerprint density at radius 1 is 1.06 bits per heavy atom. The standard InChI is InChI=1S/C25H34ClN3O4S/c1-17-9-8-10-22(18(17)2)29(34(7,32)33)16-23(30)28(15-20-11-13-21(26)14-12-20)19(3)24(31)27-25(4,5)6/h8-14,19H,15-16H2,1-7H3,(H,27,31)/t19-/m0/s1. The number of hydrogen-bond donors (Lipinski definition) is 1. The fourth-order valence-electron chi connectivity index (χ4n) is 3.44. The van der Waals surface area contributed by atoms with Crippen molar-refractivity contribution in [2.75, 3.05) is 17.1 Å². The number of nitrogens with one attached hydrogen (secondary N) is 1. The maximum Gasteiger partial charge on any atom is 0.244 e. The third kappa shape index (κ3) is 7.46. The minimum absolute atomic E-state index is 0.124. The average Bonchev–Trinajstić information content (AvgIpc) is 2.71. The van der Waals surface area contributed by atoms with E-state index in [1.165, 1.54) is 4.90 Å². The molecular weight excluding hydrogens is 474 g/mol. The molecule has 0 aliphatic heterocycles. The Labute approximate surface area is 208 Å². The molecule has 2 amide bonds. The van der Waals surface area contributed by atoms with Crippen molar-refractivity contribution in [3.63, 3.8) is 0 Å². The van der Waals surface area contributed by atoms with Gasteiger partial charge in [-0.15, -0.1) is 0 Å². The Hall–Kier alpha value is -2.58. The molecule has 0 heterocycles. The molecule has 9 heteroatoms. The van der Waals surface area contributed by atoms with Crippen LogP contribution in [0.3, 0.4) is 0 Å². The number of carbonyl (C=O) groups is 2. The van der Waals surface area contributed by atoms with E-state index in [-0.39, 0.29) is 12.5 Å². The Balaban J connectivity index is 2.44. The molecule has 2 rings (SSSR count). The van der Waals surface area contributed by atoms with Crippen LogP contribution in [0.15, 0.2) is 42.5 Å². The van der Waals surface area contributed by atoms with Gasteiger partial charge in [-0.25, -0.2) is 8.42 Å². The van der Waals surface area contributed by atoms with E-state index in [0.29, 0.717) is 10.7 Å². The summed E-state index contributed by atoms with van der Waals surface area (Å²) in [6.45, 7) is 10.6. The largest absolute Gasteiger partial charge is 0.350 e. The van der Waals surface area contributed by atoms with Gasteiger partial charge in [0.1, 0.15) is 12.6 Å². The quantitative estimate of drug-likeness (QED) is 0.583. The number of anilines is 1. The van der Waals surface area contributed by atoms with Gasteiger partial charge in [-0.2, -0.15) is 0 Å². The minimum Gasteiger partial charge on any atom is -0.350 e. The second-order valence-corrected chi connectivity index (χ2v) is 11.9. The average molecular weight is 508 g/mol. The van der Waals surface area contributed by atoms with Crippen LogP contribution in [-0.4, -0.2) is 49.5 Å². The minimum atomic E-state index is -3.77. The van der Waals surface area contributed by atoms with E-state index in [9.17, 15) is 18.0 Å². The SMILES string of the molecule is Cc1cccc(N(CC(=O)N(Cc2ccc(Cl)cc2)[C@@H](C)C(=O)NC(C)(C)C)S(C)(=O)=O)c1C. The van der Waals surface area contributed by atoms with Crippen molar-refractivity contribution in [2.24, 2.45) is 0 Å². The van der Waals surface area contributed by atoms with E-state index in [0.717, 1.165) is 27.3 Å². The first kappa shape index (κ1) is 27.7. The van der Waals surface area contributed by atoms with Crippen molar-refractivity contribution in [1.82, 2.24) is 10.2 Å². The van der Waals surface area contributed by atoms with Crippen molar-refractivity contribution < 1.29 is 18.0 Å². The molecule has 0 spiro atoms. The van der Waals surface area contributed by atoms with E-state index in [1.54, 1.807) is 43.3 Å². The number of nitrogens with zero attached hydrogens (tertiary/aromatic N) is 2. The van der Waals surface area contributed by atoms with Gasteiger partial charge >= 0.3 is 0 Å². The summed E-state index contributed by atoms with van der Waals surface area (Å²) in [5.41, 5.74) is 2.40. The highest BCUT2D eigenvalue weighted by atomic mass is 35.5. The van der Waals surface area contributed by atoms with Crippen molar-refractivity contribution >= 4 is 39.1 Å². The molecule has 2 aromatic carbocycles. The molecule has 34 heavy (non-hydrogen) atoms. The first-order chi connectivity index (χ1) is 15.6. The summed E-state index contributed by atoms with van der Waals surface area (Å²) in [5.74, 6) is -0.815. The topological polar surface area (TPSA) is 86.8 Å². The lowest BCUT2D eigenvalue weighted by Gasteiger charge is -2.33. The van der Waals surface area contributed by atoms with Gasteiger partial charge in [0.25, 0.3) is 0 Å². The fourth-order valence-corrected chi connectivity index (χ4v) is 4.47. The number of hydrogen-bond acceptors (Lipinski definition) is 4. The number of sulfonamides is 1. The molecule has 0 saturated carbocycles. The zero-order chi connectivity index (χ0) is 25.8. The van der Waals surface area contributed by atoms with Crippen molar-refractivity contribution in [2.45, 2.75) is 59.7 Å². The van der Waals surface area contributed by atoms with Crippen molar-refractivity contribution in [1.29, 1.82) is 0 Å². The summed E-state index contributed by atoms with van der Waals surface area (Å²) in [4.78, 5) is 27.9. The highest BCUT2D eigenvalue weighted by Crippen LogP contribution is 2.25. The molecule has 1 N–H and O–H groups in total. The number of amides is 2. The number of aryl methyl sites for hydroxylation is 1. The zero-order valence-electron chi connectivity index (χ0n) is 20.8. The Kier molecular flexibility index (Phi) is 8.77. The van der Waals surface area contributed by atoms with E-state index in [1.807, 2.05) is 40.7 Å². The maximum atomic E-state index is 13.6. The van der Waals surface area contributed by atoms with Crippen LogP contribution in [0.4, 0.5) is 5.69 Å². The molecule has 0 aliphatic rings. The van der Waals surface area contributed by atoms with Gasteiger partial charge in [0.15, 0.2) is 0 Å². The fraction of sp³-hybridized carbons (Fsp3) is 0.440. The number of benzene rings is 2. The smallest absolute Gasteiger partial charge is 0.244 e. The van der Waals surface area contributed by atoms with Gasteiger partial charge in [-0.05, 0) is 76.4 Å². The summed E-state index contributed by atoms with van der Waals surface area (Å²) in [7, 11) is -3.77. The molecule has 186 valence electrons. The van der Waals surface area contributed by atoms with Gasteiger partial charge in [0.05, 0.1) is 11.9 Å². The normalized spacial score (nSPS) is 12.7. The number of halogens is 1. The molecule has 0 aliphatic carbocycles. The van der Waals surface area contributed by atoms with Crippen LogP contribution >= 0.6 is 11.6 Å². The zero-order valence-corrected chi connectivity index (χ0v) is 22.4. The Bertz CT molecular complexity index is 1140. The summed E-state index contributed by atoms with van der Waals surface area (Å²) in [5, 5.41) is 3.45. The van der Waals surface area contributed by atoms with Crippen LogP contribution in [0, 0.1) is 13.8 Å². The van der Waals surface area contributed by atoms with Crippen molar-refractivity contribution in [3.05, 3.63) is 64.2 Å². The molecule has 1 atom stereocenters. The van der Waals surface area contributed by atoms with Gasteiger partial charge in [0, 0.05) is 17.1 Å². The highest BCUT2D eigenvalue weighted by Gasteiger charge is 2.31. The molecule has 7 nitrogen and oxygen atoms in total. The molecular formula is C25H34ClN3O4S. The van der Waals surface area contributed by atoms with Crippen molar-refractivity contribution in [3.8, 4) is 0 Å². The predicted octanol–water partition coefficient (Wildman–Crippen LogP) is 4.05. The van der Waals surface area contributed by atoms with E-state index in [2.05, 4.69) is 5.32 Å². The van der Waals surface area contributed by atoms with Crippen LogP contribution in [0.2, 0.25) is 5.02 Å². The molecule has 0 radical (unpaired) electrons. The molecule has 2 aromatic rings. The first-order valence-corrected chi connectivity index (χ1v) is 13.2. The molecule has 0 unspecified atom stereocenters. The van der Waals surface area contributed by atoms with Crippen LogP contribution < -0.4 is 9.62 Å². The van der Waals surface area contributed by atoms with Crippen LogP contribution in [0.25, 0.3) is 0 Å². The summed E-state index contributed by atoms with van der Waals surface area (Å²) >= 11 is 5.99. The van der Waals surface area contributed by atoms with Gasteiger partial charge in [0.2, 0.25) is 21.8 Å². The third-order valence-corrected chi connectivity index (χ3v) is 6.83. The van der Waals surface area contributed by atoms with Gasteiger partial charge in [-0.3, -0.25) is 13.9 Å². The Morgan fingerprint density at radius 2 is 1.65 bits per heavy atom. The summed E-state index contributed by atoms with van der Waals surface area (Å²) in [6, 6.07) is 11.4. The summed E-state index contributed by atoms with van der Waals surface area (Å²) < 4.78 is 26.5. The third-order valence-electron chi connectivity index (χ3n) is 5.46. The highest BCUT2D eigenvalue weighted by molar-refractivity contribution is 7.92. The molecule has 0 fully saturated rings. The van der Waals surface area contributed by atoms with Crippen LogP contribution in [0.1, 0.15) is 44.4 Å².